The van der Waals surface area contributed by atoms with Crippen LogP contribution in [0.25, 0.3) is 11.1 Å². The first-order valence-corrected chi connectivity index (χ1v) is 12.3. The van der Waals surface area contributed by atoms with E-state index < -0.39 is 0 Å². The Morgan fingerprint density at radius 3 is 2.45 bits per heavy atom. The SMILES string of the molecule is Cc1ncc(-c2ccc(F)cc2)c(C2CCCN(C3CCN(Cc4ccccc4)CC3)C2)n1. The lowest BCUT2D eigenvalue weighted by atomic mass is 9.88. The Labute approximate surface area is 196 Å². The van der Waals surface area contributed by atoms with E-state index >= 15 is 0 Å². The normalized spacial score (nSPS) is 20.7. The molecule has 0 saturated carbocycles. The van der Waals surface area contributed by atoms with Crippen molar-refractivity contribution in [2.24, 2.45) is 0 Å². The van der Waals surface area contributed by atoms with E-state index in [2.05, 4.69) is 45.1 Å². The summed E-state index contributed by atoms with van der Waals surface area (Å²) in [6, 6.07) is 18.2. The number of piperidine rings is 2. The van der Waals surface area contributed by atoms with Gasteiger partial charge in [-0.25, -0.2) is 14.4 Å². The van der Waals surface area contributed by atoms with Crippen LogP contribution in [0.15, 0.2) is 60.8 Å². The van der Waals surface area contributed by atoms with Crippen molar-refractivity contribution < 1.29 is 4.39 Å². The highest BCUT2D eigenvalue weighted by atomic mass is 19.1. The van der Waals surface area contributed by atoms with Crippen LogP contribution < -0.4 is 0 Å². The van der Waals surface area contributed by atoms with E-state index in [0.717, 1.165) is 55.2 Å². The summed E-state index contributed by atoms with van der Waals surface area (Å²) < 4.78 is 13.5. The van der Waals surface area contributed by atoms with Gasteiger partial charge in [0, 0.05) is 36.8 Å². The van der Waals surface area contributed by atoms with Crippen LogP contribution >= 0.6 is 0 Å². The zero-order valence-electron chi connectivity index (χ0n) is 19.5. The van der Waals surface area contributed by atoms with Gasteiger partial charge in [-0.05, 0) is 75.5 Å². The van der Waals surface area contributed by atoms with E-state index in [-0.39, 0.29) is 5.82 Å². The van der Waals surface area contributed by atoms with Crippen LogP contribution in [0.5, 0.6) is 0 Å². The smallest absolute Gasteiger partial charge is 0.125 e. The van der Waals surface area contributed by atoms with E-state index in [1.807, 2.05) is 25.3 Å². The molecular formula is C28H33FN4. The van der Waals surface area contributed by atoms with E-state index in [1.165, 1.54) is 43.5 Å². The lowest BCUT2D eigenvalue weighted by Crippen LogP contribution is -2.48. The fourth-order valence-corrected chi connectivity index (χ4v) is 5.50. The highest BCUT2D eigenvalue weighted by Gasteiger charge is 2.31. The van der Waals surface area contributed by atoms with Crippen LogP contribution in [0.2, 0.25) is 0 Å². The fraction of sp³-hybridized carbons (Fsp3) is 0.429. The molecule has 2 aliphatic rings. The summed E-state index contributed by atoms with van der Waals surface area (Å²) in [5.41, 5.74) is 4.57. The Morgan fingerprint density at radius 1 is 0.939 bits per heavy atom. The van der Waals surface area contributed by atoms with Gasteiger partial charge in [0.1, 0.15) is 11.6 Å². The van der Waals surface area contributed by atoms with Crippen LogP contribution in [0.1, 0.15) is 48.7 Å². The molecule has 3 aromatic rings. The van der Waals surface area contributed by atoms with Gasteiger partial charge in [-0.2, -0.15) is 0 Å². The molecule has 1 aromatic heterocycles. The maximum absolute atomic E-state index is 13.5. The van der Waals surface area contributed by atoms with Gasteiger partial charge in [0.15, 0.2) is 0 Å². The van der Waals surface area contributed by atoms with Crippen LogP contribution in [-0.2, 0) is 6.54 Å². The molecule has 0 N–H and O–H groups in total. The molecule has 0 radical (unpaired) electrons. The maximum atomic E-state index is 13.5. The van der Waals surface area contributed by atoms with E-state index in [4.69, 9.17) is 4.98 Å². The molecule has 0 aliphatic carbocycles. The lowest BCUT2D eigenvalue weighted by molar-refractivity contribution is 0.0818. The van der Waals surface area contributed by atoms with Gasteiger partial charge in [-0.3, -0.25) is 9.80 Å². The molecule has 5 heteroatoms. The van der Waals surface area contributed by atoms with Gasteiger partial charge in [0.05, 0.1) is 5.69 Å². The summed E-state index contributed by atoms with van der Waals surface area (Å²) >= 11 is 0. The van der Waals surface area contributed by atoms with Crippen molar-refractivity contribution in [3.05, 3.63) is 83.7 Å². The summed E-state index contributed by atoms with van der Waals surface area (Å²) in [5, 5.41) is 0. The Bertz CT molecular complexity index is 1050. The third-order valence-corrected chi connectivity index (χ3v) is 7.26. The van der Waals surface area contributed by atoms with Gasteiger partial charge in [-0.1, -0.05) is 42.5 Å². The second-order valence-corrected chi connectivity index (χ2v) is 9.55. The molecule has 0 spiro atoms. The van der Waals surface area contributed by atoms with Crippen molar-refractivity contribution in [2.45, 2.75) is 51.1 Å². The molecule has 2 fully saturated rings. The van der Waals surface area contributed by atoms with Crippen LogP contribution in [-0.4, -0.2) is 52.0 Å². The standard InChI is InChI=1S/C28H33FN4/c1-21-30-18-27(23-9-11-25(29)12-10-23)28(31-21)24-8-5-15-33(20-24)26-13-16-32(17-14-26)19-22-6-3-2-4-7-22/h2-4,6-7,9-12,18,24,26H,5,8,13-17,19-20H2,1H3. The predicted molar refractivity (Wildman–Crippen MR) is 130 cm³/mol. The van der Waals surface area contributed by atoms with Gasteiger partial charge in [0.2, 0.25) is 0 Å². The maximum Gasteiger partial charge on any atom is 0.125 e. The first-order chi connectivity index (χ1) is 16.2. The van der Waals surface area contributed by atoms with E-state index in [1.54, 1.807) is 0 Å². The van der Waals surface area contributed by atoms with Gasteiger partial charge < -0.3 is 0 Å². The number of aryl methyl sites for hydroxylation is 1. The van der Waals surface area contributed by atoms with Crippen molar-refractivity contribution in [3.8, 4) is 11.1 Å². The zero-order chi connectivity index (χ0) is 22.6. The second kappa shape index (κ2) is 10.1. The predicted octanol–water partition coefficient (Wildman–Crippen LogP) is 5.44. The number of nitrogens with zero attached hydrogens (tertiary/aromatic N) is 4. The quantitative estimate of drug-likeness (QED) is 0.525. The van der Waals surface area contributed by atoms with Crippen molar-refractivity contribution in [3.63, 3.8) is 0 Å². The molecule has 0 bridgehead atoms. The third kappa shape index (κ3) is 5.31. The molecule has 5 rings (SSSR count). The summed E-state index contributed by atoms with van der Waals surface area (Å²) in [4.78, 5) is 14.7. The van der Waals surface area contributed by atoms with Crippen molar-refractivity contribution in [2.75, 3.05) is 26.2 Å². The minimum Gasteiger partial charge on any atom is -0.300 e. The largest absolute Gasteiger partial charge is 0.300 e. The van der Waals surface area contributed by atoms with Crippen LogP contribution in [0, 0.1) is 12.7 Å². The van der Waals surface area contributed by atoms with Crippen molar-refractivity contribution in [1.82, 2.24) is 19.8 Å². The molecule has 1 unspecified atom stereocenters. The highest BCUT2D eigenvalue weighted by molar-refractivity contribution is 5.65. The number of halogens is 1. The topological polar surface area (TPSA) is 32.3 Å². The Kier molecular flexibility index (Phi) is 6.79. The van der Waals surface area contributed by atoms with Gasteiger partial charge >= 0.3 is 0 Å². The molecule has 2 saturated heterocycles. The molecule has 2 aromatic carbocycles. The monoisotopic (exact) mass is 444 g/mol. The Hall–Kier alpha value is -2.63. The van der Waals surface area contributed by atoms with E-state index in [9.17, 15) is 4.39 Å². The number of hydrogen-bond acceptors (Lipinski definition) is 4. The molecule has 172 valence electrons. The lowest BCUT2D eigenvalue weighted by Gasteiger charge is -2.42. The number of benzene rings is 2. The van der Waals surface area contributed by atoms with Gasteiger partial charge in [-0.15, -0.1) is 0 Å². The molecule has 33 heavy (non-hydrogen) atoms. The first kappa shape index (κ1) is 22.2. The molecule has 1 atom stereocenters. The van der Waals surface area contributed by atoms with Gasteiger partial charge in [0.25, 0.3) is 0 Å². The number of rotatable bonds is 5. The minimum absolute atomic E-state index is 0.212. The fourth-order valence-electron chi connectivity index (χ4n) is 5.50. The molecule has 0 amide bonds. The Balaban J connectivity index is 1.26. The Morgan fingerprint density at radius 2 is 1.70 bits per heavy atom. The first-order valence-electron chi connectivity index (χ1n) is 12.3. The average Bonchev–Trinajstić information content (AvgIpc) is 2.86. The van der Waals surface area contributed by atoms with Crippen molar-refractivity contribution >= 4 is 0 Å². The average molecular weight is 445 g/mol. The summed E-state index contributed by atoms with van der Waals surface area (Å²) in [6.45, 7) is 7.56. The second-order valence-electron chi connectivity index (χ2n) is 9.55. The van der Waals surface area contributed by atoms with Crippen LogP contribution in [0.3, 0.4) is 0 Å². The minimum atomic E-state index is -0.212. The number of likely N-dealkylation sites (tertiary alicyclic amines) is 2. The third-order valence-electron chi connectivity index (χ3n) is 7.26. The number of hydrogen-bond donors (Lipinski definition) is 0. The highest BCUT2D eigenvalue weighted by Crippen LogP contribution is 2.34. The molecule has 3 heterocycles. The molecular weight excluding hydrogens is 411 g/mol. The molecule has 4 nitrogen and oxygen atoms in total. The summed E-state index contributed by atoms with van der Waals surface area (Å²) in [7, 11) is 0. The summed E-state index contributed by atoms with van der Waals surface area (Å²) in [6.07, 6.45) is 6.72. The molecule has 2 aliphatic heterocycles. The summed E-state index contributed by atoms with van der Waals surface area (Å²) in [5.74, 6) is 0.987. The van der Waals surface area contributed by atoms with Crippen molar-refractivity contribution in [1.29, 1.82) is 0 Å². The zero-order valence-corrected chi connectivity index (χ0v) is 19.5. The van der Waals surface area contributed by atoms with E-state index in [0.29, 0.717) is 12.0 Å². The van der Waals surface area contributed by atoms with Crippen LogP contribution in [0.4, 0.5) is 4.39 Å². The number of aromatic nitrogens is 2.